The van der Waals surface area contributed by atoms with Crippen molar-refractivity contribution in [2.45, 2.75) is 12.3 Å². The summed E-state index contributed by atoms with van der Waals surface area (Å²) in [5.74, 6) is 0.155. The summed E-state index contributed by atoms with van der Waals surface area (Å²) >= 11 is 6.08. The van der Waals surface area contributed by atoms with Crippen molar-refractivity contribution in [2.75, 3.05) is 5.32 Å². The lowest BCUT2D eigenvalue weighted by molar-refractivity contribution is -0.117. The van der Waals surface area contributed by atoms with Crippen LogP contribution >= 0.6 is 11.6 Å². The summed E-state index contributed by atoms with van der Waals surface area (Å²) < 4.78 is 1.89. The molecule has 1 heterocycles. The molecule has 0 bridgehead atoms. The second kappa shape index (κ2) is 7.81. The molecular weight excluding hydrogens is 394 g/mol. The molecule has 0 radical (unpaired) electrons. The van der Waals surface area contributed by atoms with E-state index in [4.69, 9.17) is 16.7 Å². The number of para-hydroxylation sites is 2. The Balaban J connectivity index is 1.46. The van der Waals surface area contributed by atoms with E-state index >= 15 is 0 Å². The average Bonchev–Trinajstić information content (AvgIpc) is 3.47. The molecule has 30 heavy (non-hydrogen) atoms. The molecule has 1 aliphatic carbocycles. The largest absolute Gasteiger partial charge is 0.326 e. The maximum atomic E-state index is 12.8. The molecule has 2 unspecified atom stereocenters. The predicted molar refractivity (Wildman–Crippen MR) is 120 cm³/mol. The molecule has 5 heteroatoms. The second-order valence-corrected chi connectivity index (χ2v) is 7.96. The quantitative estimate of drug-likeness (QED) is 0.440. The van der Waals surface area contributed by atoms with Crippen molar-refractivity contribution in [3.8, 4) is 16.9 Å². The molecule has 1 N–H and O–H groups in total. The maximum absolute atomic E-state index is 12.8. The van der Waals surface area contributed by atoms with Crippen LogP contribution in [0.4, 0.5) is 5.69 Å². The molecule has 1 aliphatic rings. The molecule has 0 aliphatic heterocycles. The minimum Gasteiger partial charge on any atom is -0.326 e. The highest BCUT2D eigenvalue weighted by molar-refractivity contribution is 6.30. The first-order chi connectivity index (χ1) is 14.7. The van der Waals surface area contributed by atoms with Crippen molar-refractivity contribution in [3.63, 3.8) is 0 Å². The summed E-state index contributed by atoms with van der Waals surface area (Å²) in [5.41, 5.74) is 4.80. The Morgan fingerprint density at radius 1 is 0.933 bits per heavy atom. The van der Waals surface area contributed by atoms with Gasteiger partial charge in [-0.3, -0.25) is 4.79 Å². The summed E-state index contributed by atoms with van der Waals surface area (Å²) in [5, 5.41) is 8.58. The molecule has 4 nitrogen and oxygen atoms in total. The van der Waals surface area contributed by atoms with Crippen LogP contribution in [0.15, 0.2) is 91.1 Å². The number of aromatic nitrogens is 2. The molecule has 5 rings (SSSR count). The van der Waals surface area contributed by atoms with Crippen LogP contribution in [-0.2, 0) is 4.79 Å². The SMILES string of the molecule is O=C(Nc1ccccc1)C1CC1c1cn(-c2ccccc2)nc1-c1ccc(Cl)cc1. The summed E-state index contributed by atoms with van der Waals surface area (Å²) in [7, 11) is 0. The van der Waals surface area contributed by atoms with Crippen molar-refractivity contribution in [1.82, 2.24) is 9.78 Å². The fourth-order valence-electron chi connectivity index (χ4n) is 3.79. The van der Waals surface area contributed by atoms with E-state index in [2.05, 4.69) is 11.5 Å². The Labute approximate surface area is 180 Å². The molecule has 1 fully saturated rings. The number of benzene rings is 3. The molecule has 4 aromatic rings. The van der Waals surface area contributed by atoms with E-state index in [9.17, 15) is 4.79 Å². The van der Waals surface area contributed by atoms with Gasteiger partial charge in [-0.05, 0) is 42.8 Å². The third-order valence-corrected chi connectivity index (χ3v) is 5.70. The van der Waals surface area contributed by atoms with Crippen LogP contribution in [0.25, 0.3) is 16.9 Å². The lowest BCUT2D eigenvalue weighted by Gasteiger charge is -2.05. The normalized spacial score (nSPS) is 17.5. The lowest BCUT2D eigenvalue weighted by Crippen LogP contribution is -2.14. The number of rotatable bonds is 5. The fraction of sp³-hybridized carbons (Fsp3) is 0.120. The van der Waals surface area contributed by atoms with Gasteiger partial charge in [0, 0.05) is 39.9 Å². The molecule has 1 amide bonds. The minimum absolute atomic E-state index is 0.0512. The zero-order chi connectivity index (χ0) is 20.5. The number of nitrogens with zero attached hydrogens (tertiary/aromatic N) is 2. The van der Waals surface area contributed by atoms with E-state index < -0.39 is 0 Å². The average molecular weight is 414 g/mol. The third-order valence-electron chi connectivity index (χ3n) is 5.45. The highest BCUT2D eigenvalue weighted by atomic mass is 35.5. The summed E-state index contributed by atoms with van der Waals surface area (Å²) in [6, 6.07) is 27.3. The molecule has 0 spiro atoms. The van der Waals surface area contributed by atoms with Gasteiger partial charge in [0.25, 0.3) is 0 Å². The van der Waals surface area contributed by atoms with E-state index in [1.807, 2.05) is 89.6 Å². The smallest absolute Gasteiger partial charge is 0.228 e. The van der Waals surface area contributed by atoms with Gasteiger partial charge in [0.1, 0.15) is 0 Å². The first-order valence-corrected chi connectivity index (χ1v) is 10.3. The third kappa shape index (κ3) is 3.74. The van der Waals surface area contributed by atoms with Gasteiger partial charge in [0.15, 0.2) is 0 Å². The van der Waals surface area contributed by atoms with Crippen LogP contribution in [0.5, 0.6) is 0 Å². The van der Waals surface area contributed by atoms with Crippen LogP contribution in [0.1, 0.15) is 17.9 Å². The van der Waals surface area contributed by atoms with E-state index in [-0.39, 0.29) is 17.7 Å². The second-order valence-electron chi connectivity index (χ2n) is 7.52. The first-order valence-electron chi connectivity index (χ1n) is 9.96. The lowest BCUT2D eigenvalue weighted by atomic mass is 10.0. The Morgan fingerprint density at radius 3 is 2.30 bits per heavy atom. The maximum Gasteiger partial charge on any atom is 0.228 e. The molecule has 1 aromatic heterocycles. The first kappa shape index (κ1) is 18.6. The molecule has 1 saturated carbocycles. The van der Waals surface area contributed by atoms with Gasteiger partial charge < -0.3 is 5.32 Å². The van der Waals surface area contributed by atoms with Crippen molar-refractivity contribution in [1.29, 1.82) is 0 Å². The zero-order valence-electron chi connectivity index (χ0n) is 16.2. The van der Waals surface area contributed by atoms with E-state index in [0.717, 1.165) is 34.6 Å². The number of halogens is 1. The topological polar surface area (TPSA) is 46.9 Å². The van der Waals surface area contributed by atoms with Gasteiger partial charge in [-0.25, -0.2) is 4.68 Å². The minimum atomic E-state index is -0.0512. The highest BCUT2D eigenvalue weighted by Crippen LogP contribution is 2.50. The monoisotopic (exact) mass is 413 g/mol. The van der Waals surface area contributed by atoms with Crippen molar-refractivity contribution in [3.05, 3.63) is 102 Å². The number of hydrogen-bond acceptors (Lipinski definition) is 2. The van der Waals surface area contributed by atoms with Gasteiger partial charge in [-0.15, -0.1) is 0 Å². The van der Waals surface area contributed by atoms with Gasteiger partial charge in [0.05, 0.1) is 11.4 Å². The van der Waals surface area contributed by atoms with Crippen LogP contribution in [0.2, 0.25) is 5.02 Å². The molecule has 148 valence electrons. The van der Waals surface area contributed by atoms with E-state index in [0.29, 0.717) is 5.02 Å². The van der Waals surface area contributed by atoms with E-state index in [1.165, 1.54) is 0 Å². The van der Waals surface area contributed by atoms with Gasteiger partial charge in [0.2, 0.25) is 5.91 Å². The van der Waals surface area contributed by atoms with Crippen molar-refractivity contribution >= 4 is 23.2 Å². The Hall–Kier alpha value is -3.37. The number of nitrogens with one attached hydrogen (secondary N) is 1. The van der Waals surface area contributed by atoms with Crippen LogP contribution < -0.4 is 5.32 Å². The predicted octanol–water partition coefficient (Wildman–Crippen LogP) is 5.93. The summed E-state index contributed by atoms with van der Waals surface area (Å²) in [4.78, 5) is 12.8. The van der Waals surface area contributed by atoms with Gasteiger partial charge >= 0.3 is 0 Å². The molecule has 2 atom stereocenters. The zero-order valence-corrected chi connectivity index (χ0v) is 17.0. The number of amides is 1. The van der Waals surface area contributed by atoms with Gasteiger partial charge in [-0.1, -0.05) is 60.1 Å². The van der Waals surface area contributed by atoms with Crippen molar-refractivity contribution in [2.24, 2.45) is 5.92 Å². The van der Waals surface area contributed by atoms with Crippen molar-refractivity contribution < 1.29 is 4.79 Å². The fourth-order valence-corrected chi connectivity index (χ4v) is 3.91. The molecule has 0 saturated heterocycles. The van der Waals surface area contributed by atoms with Crippen LogP contribution in [0.3, 0.4) is 0 Å². The van der Waals surface area contributed by atoms with Crippen LogP contribution in [-0.4, -0.2) is 15.7 Å². The Morgan fingerprint density at radius 2 is 1.60 bits per heavy atom. The molecular formula is C25H20ClN3O. The van der Waals surface area contributed by atoms with Crippen LogP contribution in [0, 0.1) is 5.92 Å². The number of anilines is 1. The standard InChI is InChI=1S/C25H20ClN3O/c26-18-13-11-17(12-14-18)24-23(16-29(28-24)20-9-5-2-6-10-20)21-15-22(21)25(30)27-19-7-3-1-4-8-19/h1-14,16,21-22H,15H2,(H,27,30). The van der Waals surface area contributed by atoms with E-state index in [1.54, 1.807) is 0 Å². The summed E-state index contributed by atoms with van der Waals surface area (Å²) in [6.45, 7) is 0. The Bertz CT molecular complexity index is 1170. The summed E-state index contributed by atoms with van der Waals surface area (Å²) in [6.07, 6.45) is 2.87. The van der Waals surface area contributed by atoms with Gasteiger partial charge in [-0.2, -0.15) is 5.10 Å². The number of carbonyl (C=O) groups excluding carboxylic acids is 1. The number of hydrogen-bond donors (Lipinski definition) is 1. The Kier molecular flexibility index (Phi) is 4.85. The molecule has 3 aromatic carbocycles. The highest BCUT2D eigenvalue weighted by Gasteiger charge is 2.46. The number of carbonyl (C=O) groups is 1.